The molecule has 4 rings (SSSR count). The van der Waals surface area contributed by atoms with Gasteiger partial charge in [-0.3, -0.25) is 18.7 Å². The summed E-state index contributed by atoms with van der Waals surface area (Å²) in [6.45, 7) is -0.224. The number of hydrogen-bond acceptors (Lipinski definition) is 5. The number of nitrogens with one attached hydrogen (secondary N) is 1. The zero-order valence-corrected chi connectivity index (χ0v) is 17.7. The highest BCUT2D eigenvalue weighted by molar-refractivity contribution is 7.09. The molecule has 7 nitrogen and oxygen atoms in total. The Morgan fingerprint density at radius 2 is 1.90 bits per heavy atom. The van der Waals surface area contributed by atoms with Crippen LogP contribution in [0.15, 0.2) is 63.6 Å². The first-order valence-electron chi connectivity index (χ1n) is 8.80. The van der Waals surface area contributed by atoms with Crippen molar-refractivity contribution < 1.29 is 4.79 Å². The molecule has 1 amide bonds. The number of aromatic nitrogens is 3. The summed E-state index contributed by atoms with van der Waals surface area (Å²) < 4.78 is 2.31. The van der Waals surface area contributed by atoms with Crippen molar-refractivity contribution in [2.45, 2.75) is 13.1 Å². The second-order valence-corrected chi connectivity index (χ2v) is 8.18. The van der Waals surface area contributed by atoms with Crippen molar-refractivity contribution in [1.82, 2.24) is 14.1 Å². The van der Waals surface area contributed by atoms with Crippen molar-refractivity contribution in [3.05, 3.63) is 89.8 Å². The first kappa shape index (κ1) is 20.3. The molecule has 0 aliphatic carbocycles. The number of halogens is 2. The number of rotatable bonds is 5. The number of nitrogens with zero attached hydrogens (tertiary/aromatic N) is 3. The highest BCUT2D eigenvalue weighted by atomic mass is 35.5. The minimum atomic E-state index is -0.596. The lowest BCUT2D eigenvalue weighted by Crippen LogP contribution is -2.42. The lowest BCUT2D eigenvalue weighted by Gasteiger charge is -2.14. The van der Waals surface area contributed by atoms with Crippen LogP contribution in [0.3, 0.4) is 0 Å². The lowest BCUT2D eigenvalue weighted by molar-refractivity contribution is -0.116. The molecule has 0 aliphatic heterocycles. The summed E-state index contributed by atoms with van der Waals surface area (Å²) >= 11 is 13.5. The molecule has 0 saturated heterocycles. The van der Waals surface area contributed by atoms with E-state index in [1.54, 1.807) is 30.3 Å². The molecular formula is C20H14Cl2N4O3S. The Morgan fingerprint density at radius 3 is 2.67 bits per heavy atom. The second kappa shape index (κ2) is 8.43. The van der Waals surface area contributed by atoms with Gasteiger partial charge in [0.05, 0.1) is 27.8 Å². The molecule has 0 radical (unpaired) electrons. The summed E-state index contributed by atoms with van der Waals surface area (Å²) in [4.78, 5) is 43.6. The van der Waals surface area contributed by atoms with E-state index in [0.717, 1.165) is 9.44 Å². The zero-order valence-electron chi connectivity index (χ0n) is 15.3. The van der Waals surface area contributed by atoms with Crippen molar-refractivity contribution >= 4 is 57.2 Å². The fourth-order valence-electron chi connectivity index (χ4n) is 3.03. The number of hydrogen-bond donors (Lipinski definition) is 1. The summed E-state index contributed by atoms with van der Waals surface area (Å²) in [6.07, 6.45) is 1.47. The van der Waals surface area contributed by atoms with Crippen LogP contribution in [0.25, 0.3) is 11.0 Å². The smallest absolute Gasteiger partial charge is 0.323 e. The minimum Gasteiger partial charge on any atom is -0.323 e. The molecule has 152 valence electrons. The Bertz CT molecular complexity index is 1360. The van der Waals surface area contributed by atoms with Gasteiger partial charge in [-0.2, -0.15) is 0 Å². The van der Waals surface area contributed by atoms with Crippen LogP contribution in [0, 0.1) is 0 Å². The van der Waals surface area contributed by atoms with E-state index in [1.165, 1.54) is 22.1 Å². The topological polar surface area (TPSA) is 86.0 Å². The Balaban J connectivity index is 1.76. The summed E-state index contributed by atoms with van der Waals surface area (Å²) in [6, 6.07) is 11.7. The van der Waals surface area contributed by atoms with Crippen LogP contribution in [0.2, 0.25) is 10.0 Å². The number of anilines is 1. The number of carbonyl (C=O) groups is 1. The van der Waals surface area contributed by atoms with Crippen LogP contribution in [-0.4, -0.2) is 20.0 Å². The van der Waals surface area contributed by atoms with Crippen molar-refractivity contribution in [1.29, 1.82) is 0 Å². The van der Waals surface area contributed by atoms with Crippen molar-refractivity contribution in [3.63, 3.8) is 0 Å². The fourth-order valence-corrected chi connectivity index (χ4v) is 4.07. The number of amides is 1. The van der Waals surface area contributed by atoms with Gasteiger partial charge in [-0.15, -0.1) is 11.3 Å². The van der Waals surface area contributed by atoms with E-state index < -0.39 is 17.2 Å². The Hall–Kier alpha value is -2.94. The van der Waals surface area contributed by atoms with E-state index >= 15 is 0 Å². The summed E-state index contributed by atoms with van der Waals surface area (Å²) in [7, 11) is 0. The maximum atomic E-state index is 13.1. The van der Waals surface area contributed by atoms with Crippen LogP contribution in [0.1, 0.15) is 4.88 Å². The molecule has 0 fully saturated rings. The van der Waals surface area contributed by atoms with E-state index in [0.29, 0.717) is 10.7 Å². The van der Waals surface area contributed by atoms with Gasteiger partial charge in [0.2, 0.25) is 5.91 Å². The van der Waals surface area contributed by atoms with Crippen LogP contribution < -0.4 is 16.6 Å². The average Bonchev–Trinajstić information content (AvgIpc) is 3.25. The third-order valence-corrected chi connectivity index (χ3v) is 6.09. The first-order valence-corrected chi connectivity index (χ1v) is 10.4. The van der Waals surface area contributed by atoms with E-state index in [4.69, 9.17) is 23.2 Å². The highest BCUT2D eigenvalue weighted by Gasteiger charge is 2.17. The largest absolute Gasteiger partial charge is 0.332 e. The van der Waals surface area contributed by atoms with Gasteiger partial charge in [0.15, 0.2) is 5.52 Å². The molecule has 1 N–H and O–H groups in total. The predicted octanol–water partition coefficient (Wildman–Crippen LogP) is 3.61. The SMILES string of the molecule is O=C(Cn1c(=O)n(Cc2cccs2)c(=O)c2ncccc21)Nc1cccc(Cl)c1Cl. The molecule has 0 spiro atoms. The summed E-state index contributed by atoms with van der Waals surface area (Å²) in [5.41, 5.74) is -0.374. The van der Waals surface area contributed by atoms with E-state index in [9.17, 15) is 14.4 Å². The zero-order chi connectivity index (χ0) is 21.3. The summed E-state index contributed by atoms with van der Waals surface area (Å²) in [5, 5.41) is 5.01. The fraction of sp³-hybridized carbons (Fsp3) is 0.100. The molecular weight excluding hydrogens is 447 g/mol. The normalized spacial score (nSPS) is 11.0. The molecule has 0 saturated carbocycles. The van der Waals surface area contributed by atoms with E-state index in [-0.39, 0.29) is 29.1 Å². The molecule has 0 aliphatic rings. The maximum absolute atomic E-state index is 13.1. The molecule has 0 unspecified atom stereocenters. The van der Waals surface area contributed by atoms with Gasteiger partial charge in [0.1, 0.15) is 6.54 Å². The first-order chi connectivity index (χ1) is 14.5. The van der Waals surface area contributed by atoms with E-state index in [1.807, 2.05) is 17.5 Å². The van der Waals surface area contributed by atoms with Crippen molar-refractivity contribution in [2.24, 2.45) is 0 Å². The van der Waals surface area contributed by atoms with Gasteiger partial charge in [0.25, 0.3) is 5.56 Å². The Morgan fingerprint density at radius 1 is 1.07 bits per heavy atom. The monoisotopic (exact) mass is 460 g/mol. The molecule has 10 heteroatoms. The Labute approximate surface area is 184 Å². The van der Waals surface area contributed by atoms with Crippen LogP contribution in [0.4, 0.5) is 5.69 Å². The molecule has 3 heterocycles. The van der Waals surface area contributed by atoms with Gasteiger partial charge in [-0.05, 0) is 35.7 Å². The van der Waals surface area contributed by atoms with Crippen molar-refractivity contribution in [2.75, 3.05) is 5.32 Å². The predicted molar refractivity (Wildman–Crippen MR) is 119 cm³/mol. The third kappa shape index (κ3) is 3.89. The second-order valence-electron chi connectivity index (χ2n) is 6.36. The number of thiophene rings is 1. The quantitative estimate of drug-likeness (QED) is 0.492. The van der Waals surface area contributed by atoms with Crippen LogP contribution >= 0.6 is 34.5 Å². The number of benzene rings is 1. The molecule has 0 atom stereocenters. The standard InChI is InChI=1S/C20H14Cl2N4O3S/c21-13-5-1-6-14(17(13)22)24-16(27)11-25-15-7-2-8-23-18(15)19(28)26(20(25)29)10-12-4-3-9-30-12/h1-9H,10-11H2,(H,24,27). The van der Waals surface area contributed by atoms with Gasteiger partial charge < -0.3 is 5.32 Å². The van der Waals surface area contributed by atoms with Crippen LogP contribution in [-0.2, 0) is 17.9 Å². The highest BCUT2D eigenvalue weighted by Crippen LogP contribution is 2.29. The lowest BCUT2D eigenvalue weighted by atomic mass is 10.3. The van der Waals surface area contributed by atoms with Gasteiger partial charge in [-0.25, -0.2) is 9.78 Å². The average molecular weight is 461 g/mol. The molecule has 1 aromatic carbocycles. The Kier molecular flexibility index (Phi) is 5.72. The van der Waals surface area contributed by atoms with Gasteiger partial charge in [0, 0.05) is 11.1 Å². The van der Waals surface area contributed by atoms with E-state index in [2.05, 4.69) is 10.3 Å². The molecule has 0 bridgehead atoms. The van der Waals surface area contributed by atoms with Gasteiger partial charge in [-0.1, -0.05) is 35.3 Å². The van der Waals surface area contributed by atoms with Crippen LogP contribution in [0.5, 0.6) is 0 Å². The minimum absolute atomic E-state index is 0.101. The van der Waals surface area contributed by atoms with Crippen molar-refractivity contribution in [3.8, 4) is 0 Å². The maximum Gasteiger partial charge on any atom is 0.332 e. The number of carbonyl (C=O) groups excluding carboxylic acids is 1. The molecule has 3 aromatic heterocycles. The molecule has 30 heavy (non-hydrogen) atoms. The third-order valence-electron chi connectivity index (χ3n) is 4.41. The number of pyridine rings is 1. The summed E-state index contributed by atoms with van der Waals surface area (Å²) in [5.74, 6) is -0.493. The number of fused-ring (bicyclic) bond motifs is 1. The molecule has 4 aromatic rings. The van der Waals surface area contributed by atoms with Gasteiger partial charge >= 0.3 is 5.69 Å².